The van der Waals surface area contributed by atoms with Crippen LogP contribution in [0.2, 0.25) is 0 Å². The maximum atomic E-state index is 14.1. The number of benzene rings is 3. The highest BCUT2D eigenvalue weighted by Crippen LogP contribution is 2.24. The fourth-order valence-electron chi connectivity index (χ4n) is 3.98. The van der Waals surface area contributed by atoms with Gasteiger partial charge in [-0.2, -0.15) is 0 Å². The lowest BCUT2D eigenvalue weighted by molar-refractivity contribution is -0.124. The van der Waals surface area contributed by atoms with Crippen molar-refractivity contribution in [2.45, 2.75) is 6.42 Å². The number of nitrogens with zero attached hydrogens (tertiary/aromatic N) is 1. The lowest BCUT2D eigenvalue weighted by atomic mass is 9.95. The number of ether oxygens (including phenoxy) is 1. The van der Waals surface area contributed by atoms with Gasteiger partial charge in [0.15, 0.2) is 0 Å². The van der Waals surface area contributed by atoms with Gasteiger partial charge in [-0.25, -0.2) is 4.39 Å². The molecule has 0 saturated carbocycles. The molecule has 1 N–H and O–H groups in total. The molecule has 1 fully saturated rings. The second-order valence-electron chi connectivity index (χ2n) is 7.85. The van der Waals surface area contributed by atoms with E-state index in [2.05, 4.69) is 5.32 Å². The Labute approximate surface area is 186 Å². The second kappa shape index (κ2) is 9.64. The standard InChI is InChI=1S/C26H25FN2O3/c1-32-22-6-4-5-20(16-22)26(31)29-14-13-28-25(30)21(17-29)15-18-9-11-19(12-10-18)23-7-2-3-8-24(23)27/h2-12,16,21H,13-15,17H2,1H3,(H,28,30). The number of nitrogens with one attached hydrogen (secondary N) is 1. The molecular weight excluding hydrogens is 407 g/mol. The summed E-state index contributed by atoms with van der Waals surface area (Å²) >= 11 is 0. The molecule has 1 aliphatic rings. The van der Waals surface area contributed by atoms with E-state index in [0.717, 1.165) is 11.1 Å². The third kappa shape index (κ3) is 4.80. The van der Waals surface area contributed by atoms with Crippen LogP contribution in [0, 0.1) is 11.7 Å². The van der Waals surface area contributed by atoms with E-state index in [9.17, 15) is 14.0 Å². The van der Waals surface area contributed by atoms with E-state index in [1.807, 2.05) is 24.3 Å². The van der Waals surface area contributed by atoms with Gasteiger partial charge in [0.1, 0.15) is 11.6 Å². The third-order valence-electron chi connectivity index (χ3n) is 5.72. The second-order valence-corrected chi connectivity index (χ2v) is 7.85. The average molecular weight is 432 g/mol. The first-order valence-corrected chi connectivity index (χ1v) is 10.6. The first-order chi connectivity index (χ1) is 15.5. The maximum absolute atomic E-state index is 14.1. The van der Waals surface area contributed by atoms with E-state index in [4.69, 9.17) is 4.74 Å². The third-order valence-corrected chi connectivity index (χ3v) is 5.72. The maximum Gasteiger partial charge on any atom is 0.254 e. The minimum Gasteiger partial charge on any atom is -0.497 e. The van der Waals surface area contributed by atoms with Crippen molar-refractivity contribution in [2.24, 2.45) is 5.92 Å². The minimum absolute atomic E-state index is 0.0656. The zero-order chi connectivity index (χ0) is 22.5. The Morgan fingerprint density at radius 1 is 1.09 bits per heavy atom. The molecule has 0 aromatic heterocycles. The van der Waals surface area contributed by atoms with Crippen LogP contribution in [0.1, 0.15) is 15.9 Å². The summed E-state index contributed by atoms with van der Waals surface area (Å²) in [5.74, 6) is -0.211. The number of hydrogen-bond donors (Lipinski definition) is 1. The molecule has 0 radical (unpaired) electrons. The first-order valence-electron chi connectivity index (χ1n) is 10.6. The molecule has 0 bridgehead atoms. The largest absolute Gasteiger partial charge is 0.497 e. The predicted molar refractivity (Wildman–Crippen MR) is 121 cm³/mol. The quantitative estimate of drug-likeness (QED) is 0.665. The molecule has 0 spiro atoms. The Hall–Kier alpha value is -3.67. The zero-order valence-electron chi connectivity index (χ0n) is 17.9. The molecule has 2 amide bonds. The van der Waals surface area contributed by atoms with Crippen LogP contribution < -0.4 is 10.1 Å². The van der Waals surface area contributed by atoms with Crippen molar-refractivity contribution < 1.29 is 18.7 Å². The number of amides is 2. The van der Waals surface area contributed by atoms with Crippen LogP contribution in [0.25, 0.3) is 11.1 Å². The monoisotopic (exact) mass is 432 g/mol. The van der Waals surface area contributed by atoms with Gasteiger partial charge in [0, 0.05) is 30.8 Å². The summed E-state index contributed by atoms with van der Waals surface area (Å²) in [4.78, 5) is 27.4. The summed E-state index contributed by atoms with van der Waals surface area (Å²) in [6, 6.07) is 21.2. The molecule has 6 heteroatoms. The Bertz CT molecular complexity index is 1110. The summed E-state index contributed by atoms with van der Waals surface area (Å²) < 4.78 is 19.3. The van der Waals surface area contributed by atoms with Crippen molar-refractivity contribution in [1.82, 2.24) is 10.2 Å². The van der Waals surface area contributed by atoms with E-state index in [-0.39, 0.29) is 23.5 Å². The van der Waals surface area contributed by atoms with Gasteiger partial charge in [0.25, 0.3) is 5.91 Å². The number of hydrogen-bond acceptors (Lipinski definition) is 3. The summed E-state index contributed by atoms with van der Waals surface area (Å²) in [5.41, 5.74) is 2.82. The van der Waals surface area contributed by atoms with Gasteiger partial charge in [0.05, 0.1) is 13.0 Å². The molecule has 4 rings (SSSR count). The molecule has 1 heterocycles. The van der Waals surface area contributed by atoms with Crippen molar-refractivity contribution in [3.63, 3.8) is 0 Å². The molecule has 5 nitrogen and oxygen atoms in total. The highest BCUT2D eigenvalue weighted by atomic mass is 19.1. The van der Waals surface area contributed by atoms with Crippen LogP contribution in [-0.2, 0) is 11.2 Å². The van der Waals surface area contributed by atoms with E-state index in [1.54, 1.807) is 54.5 Å². The van der Waals surface area contributed by atoms with Crippen molar-refractivity contribution in [3.05, 3.63) is 89.7 Å². The summed E-state index contributed by atoms with van der Waals surface area (Å²) in [6.45, 7) is 1.19. The lowest BCUT2D eigenvalue weighted by Crippen LogP contribution is -2.37. The van der Waals surface area contributed by atoms with E-state index >= 15 is 0 Å². The van der Waals surface area contributed by atoms with Crippen molar-refractivity contribution >= 4 is 11.8 Å². The number of carbonyl (C=O) groups is 2. The smallest absolute Gasteiger partial charge is 0.254 e. The number of carbonyl (C=O) groups excluding carboxylic acids is 2. The summed E-state index contributed by atoms with van der Waals surface area (Å²) in [6.07, 6.45) is 0.491. The van der Waals surface area contributed by atoms with E-state index in [0.29, 0.717) is 42.9 Å². The van der Waals surface area contributed by atoms with Gasteiger partial charge < -0.3 is 15.0 Å². The highest BCUT2D eigenvalue weighted by Gasteiger charge is 2.28. The molecule has 1 saturated heterocycles. The van der Waals surface area contributed by atoms with E-state index < -0.39 is 0 Å². The molecule has 1 atom stereocenters. The predicted octanol–water partition coefficient (Wildman–Crippen LogP) is 3.93. The SMILES string of the molecule is COc1cccc(C(=O)N2CCNC(=O)C(Cc3ccc(-c4ccccc4F)cc3)C2)c1. The Balaban J connectivity index is 1.49. The van der Waals surface area contributed by atoms with Crippen molar-refractivity contribution in [3.8, 4) is 16.9 Å². The van der Waals surface area contributed by atoms with Gasteiger partial charge in [-0.1, -0.05) is 48.5 Å². The topological polar surface area (TPSA) is 58.6 Å². The Kier molecular flexibility index (Phi) is 6.50. The first kappa shape index (κ1) is 21.6. The zero-order valence-corrected chi connectivity index (χ0v) is 17.9. The molecule has 3 aromatic carbocycles. The van der Waals surface area contributed by atoms with Crippen molar-refractivity contribution in [1.29, 1.82) is 0 Å². The van der Waals surface area contributed by atoms with Gasteiger partial charge in [-0.05, 0) is 41.8 Å². The minimum atomic E-state index is -0.369. The van der Waals surface area contributed by atoms with E-state index in [1.165, 1.54) is 6.07 Å². The van der Waals surface area contributed by atoms with Crippen LogP contribution in [-0.4, -0.2) is 43.5 Å². The van der Waals surface area contributed by atoms with Gasteiger partial charge in [0.2, 0.25) is 5.91 Å². The molecule has 32 heavy (non-hydrogen) atoms. The molecule has 1 unspecified atom stereocenters. The van der Waals surface area contributed by atoms with Gasteiger partial charge in [-0.15, -0.1) is 0 Å². The summed E-state index contributed by atoms with van der Waals surface area (Å²) in [5, 5.41) is 2.91. The number of halogens is 1. The molecule has 1 aliphatic heterocycles. The summed E-state index contributed by atoms with van der Waals surface area (Å²) in [7, 11) is 1.56. The number of rotatable bonds is 5. The Morgan fingerprint density at radius 2 is 1.88 bits per heavy atom. The normalized spacial score (nSPS) is 16.2. The van der Waals surface area contributed by atoms with Gasteiger partial charge >= 0.3 is 0 Å². The van der Waals surface area contributed by atoms with Gasteiger partial charge in [-0.3, -0.25) is 9.59 Å². The van der Waals surface area contributed by atoms with Crippen LogP contribution >= 0.6 is 0 Å². The van der Waals surface area contributed by atoms with Crippen LogP contribution in [0.15, 0.2) is 72.8 Å². The van der Waals surface area contributed by atoms with Crippen LogP contribution in [0.3, 0.4) is 0 Å². The highest BCUT2D eigenvalue weighted by molar-refractivity contribution is 5.95. The fraction of sp³-hybridized carbons (Fsp3) is 0.231. The Morgan fingerprint density at radius 3 is 2.62 bits per heavy atom. The fourth-order valence-corrected chi connectivity index (χ4v) is 3.98. The molecule has 0 aliphatic carbocycles. The molecule has 164 valence electrons. The van der Waals surface area contributed by atoms with Crippen molar-refractivity contribution in [2.75, 3.05) is 26.7 Å². The average Bonchev–Trinajstić information content (AvgIpc) is 3.01. The lowest BCUT2D eigenvalue weighted by Gasteiger charge is -2.23. The van der Waals surface area contributed by atoms with Crippen LogP contribution in [0.5, 0.6) is 5.75 Å². The van der Waals surface area contributed by atoms with Crippen LogP contribution in [0.4, 0.5) is 4.39 Å². The molecule has 3 aromatic rings. The molecular formula is C26H25FN2O3. The number of methoxy groups -OCH3 is 1.